The first kappa shape index (κ1) is 19.5. The van der Waals surface area contributed by atoms with E-state index >= 15 is 0 Å². The fourth-order valence-corrected chi connectivity index (χ4v) is 4.37. The quantitative estimate of drug-likeness (QED) is 0.599. The molecule has 0 bridgehead atoms. The number of carbonyl (C=O) groups is 1. The van der Waals surface area contributed by atoms with Crippen LogP contribution in [0.15, 0.2) is 36.4 Å². The van der Waals surface area contributed by atoms with Crippen LogP contribution in [0.2, 0.25) is 0 Å². The van der Waals surface area contributed by atoms with Crippen molar-refractivity contribution in [3.05, 3.63) is 51.4 Å². The van der Waals surface area contributed by atoms with Crippen LogP contribution in [-0.2, 0) is 11.3 Å². The Kier molecular flexibility index (Phi) is 6.23. The van der Waals surface area contributed by atoms with Gasteiger partial charge in [0.1, 0.15) is 0 Å². The first-order chi connectivity index (χ1) is 13.0. The van der Waals surface area contributed by atoms with E-state index in [-0.39, 0.29) is 22.4 Å². The Bertz CT molecular complexity index is 810. The predicted molar refractivity (Wildman–Crippen MR) is 108 cm³/mol. The minimum absolute atomic E-state index is 0.0566. The van der Waals surface area contributed by atoms with E-state index in [4.69, 9.17) is 0 Å². The molecule has 6 nitrogen and oxygen atoms in total. The van der Waals surface area contributed by atoms with E-state index in [2.05, 4.69) is 5.32 Å². The maximum atomic E-state index is 12.1. The molecule has 0 unspecified atom stereocenters. The largest absolute Gasteiger partial charge is 0.342 e. The highest BCUT2D eigenvalue weighted by Crippen LogP contribution is 2.34. The van der Waals surface area contributed by atoms with Crippen LogP contribution in [-0.4, -0.2) is 34.9 Å². The molecule has 2 heterocycles. The number of likely N-dealkylation sites (tertiary alicyclic amines) is 1. The van der Waals surface area contributed by atoms with E-state index in [1.165, 1.54) is 0 Å². The summed E-state index contributed by atoms with van der Waals surface area (Å²) in [6, 6.07) is 11.2. The summed E-state index contributed by atoms with van der Waals surface area (Å²) in [6.07, 6.45) is 1.92. The number of nitrogens with zero attached hydrogens (tertiary/aromatic N) is 2. The lowest BCUT2D eigenvalue weighted by molar-refractivity contribution is -0.384. The monoisotopic (exact) mass is 387 g/mol. The number of hydrogen-bond donors (Lipinski definition) is 1. The average Bonchev–Trinajstić information content (AvgIpc) is 3.15. The van der Waals surface area contributed by atoms with E-state index < -0.39 is 0 Å². The third-order valence-electron chi connectivity index (χ3n) is 4.89. The third kappa shape index (κ3) is 4.73. The summed E-state index contributed by atoms with van der Waals surface area (Å²) in [5.74, 6) is 0.293. The lowest BCUT2D eigenvalue weighted by Gasteiger charge is -2.33. The number of hydrogen-bond acceptors (Lipinski definition) is 5. The van der Waals surface area contributed by atoms with Crippen LogP contribution in [0.3, 0.4) is 0 Å². The van der Waals surface area contributed by atoms with Crippen molar-refractivity contribution in [2.24, 2.45) is 5.92 Å². The molecule has 1 aromatic carbocycles. The summed E-state index contributed by atoms with van der Waals surface area (Å²) >= 11 is 1.58. The Balaban J connectivity index is 1.56. The number of nitro benzene ring substituents is 1. The lowest BCUT2D eigenvalue weighted by atomic mass is 10.0. The minimum atomic E-state index is -0.334. The molecule has 1 N–H and O–H groups in total. The van der Waals surface area contributed by atoms with Crippen LogP contribution in [0.25, 0.3) is 10.4 Å². The zero-order valence-corrected chi connectivity index (χ0v) is 16.5. The number of carbonyl (C=O) groups excluding carboxylic acids is 1. The van der Waals surface area contributed by atoms with E-state index in [1.807, 2.05) is 36.9 Å². The first-order valence-corrected chi connectivity index (χ1v) is 10.1. The SMILES string of the molecule is CC(C)C(=O)N1CCC(NCc2ccc(-c3ccccc3[N+](=O)[O-])s2)CC1. The van der Waals surface area contributed by atoms with Gasteiger partial charge in [0.15, 0.2) is 0 Å². The van der Waals surface area contributed by atoms with Crippen LogP contribution < -0.4 is 5.32 Å². The number of nitro groups is 1. The maximum Gasteiger partial charge on any atom is 0.278 e. The van der Waals surface area contributed by atoms with Crippen molar-refractivity contribution >= 4 is 22.9 Å². The first-order valence-electron chi connectivity index (χ1n) is 9.30. The van der Waals surface area contributed by atoms with Crippen molar-refractivity contribution in [2.75, 3.05) is 13.1 Å². The van der Waals surface area contributed by atoms with Gasteiger partial charge in [-0.05, 0) is 31.0 Å². The smallest absolute Gasteiger partial charge is 0.278 e. The highest BCUT2D eigenvalue weighted by atomic mass is 32.1. The zero-order valence-electron chi connectivity index (χ0n) is 15.7. The molecule has 0 saturated carbocycles. The molecule has 1 aromatic heterocycles. The van der Waals surface area contributed by atoms with Gasteiger partial charge in [-0.3, -0.25) is 14.9 Å². The Morgan fingerprint density at radius 3 is 2.63 bits per heavy atom. The minimum Gasteiger partial charge on any atom is -0.342 e. The highest BCUT2D eigenvalue weighted by molar-refractivity contribution is 7.15. The number of nitrogens with one attached hydrogen (secondary N) is 1. The molecule has 1 aliphatic rings. The maximum absolute atomic E-state index is 12.1. The Hall–Kier alpha value is -2.25. The van der Waals surface area contributed by atoms with Crippen molar-refractivity contribution in [2.45, 2.75) is 39.3 Å². The number of rotatable bonds is 6. The van der Waals surface area contributed by atoms with Crippen LogP contribution in [0.5, 0.6) is 0 Å². The number of amides is 1. The second kappa shape index (κ2) is 8.63. The van der Waals surface area contributed by atoms with E-state index in [0.29, 0.717) is 11.6 Å². The zero-order chi connectivity index (χ0) is 19.4. The van der Waals surface area contributed by atoms with Gasteiger partial charge in [0.05, 0.1) is 10.5 Å². The second-order valence-electron chi connectivity index (χ2n) is 7.18. The molecule has 1 fully saturated rings. The molecule has 0 radical (unpaired) electrons. The Morgan fingerprint density at radius 2 is 1.96 bits per heavy atom. The summed E-state index contributed by atoms with van der Waals surface area (Å²) in [6.45, 7) is 6.24. The van der Waals surface area contributed by atoms with Crippen LogP contribution >= 0.6 is 11.3 Å². The molecule has 3 rings (SSSR count). The third-order valence-corrected chi connectivity index (χ3v) is 6.01. The number of piperidine rings is 1. The molecule has 0 aliphatic carbocycles. The highest BCUT2D eigenvalue weighted by Gasteiger charge is 2.24. The van der Waals surface area contributed by atoms with E-state index in [9.17, 15) is 14.9 Å². The van der Waals surface area contributed by atoms with E-state index in [0.717, 1.165) is 42.2 Å². The molecule has 0 spiro atoms. The number of thiophene rings is 1. The number of benzene rings is 1. The van der Waals surface area contributed by atoms with Crippen molar-refractivity contribution in [3.63, 3.8) is 0 Å². The van der Waals surface area contributed by atoms with Crippen molar-refractivity contribution < 1.29 is 9.72 Å². The van der Waals surface area contributed by atoms with Gasteiger partial charge in [-0.25, -0.2) is 0 Å². The summed E-state index contributed by atoms with van der Waals surface area (Å²) in [5.41, 5.74) is 0.806. The molecular weight excluding hydrogens is 362 g/mol. The van der Waals surface area contributed by atoms with Gasteiger partial charge in [-0.15, -0.1) is 11.3 Å². The van der Waals surface area contributed by atoms with Crippen molar-refractivity contribution in [1.82, 2.24) is 10.2 Å². The topological polar surface area (TPSA) is 75.5 Å². The fourth-order valence-electron chi connectivity index (χ4n) is 3.37. The summed E-state index contributed by atoms with van der Waals surface area (Å²) in [5, 5.41) is 14.8. The standard InChI is InChI=1S/C20H25N3O3S/c1-14(2)20(24)22-11-9-15(10-12-22)21-13-16-7-8-19(27-16)17-5-3-4-6-18(17)23(25)26/h3-8,14-15,21H,9-13H2,1-2H3. The molecule has 2 aromatic rings. The van der Waals surface area contributed by atoms with Crippen molar-refractivity contribution in [1.29, 1.82) is 0 Å². The van der Waals surface area contributed by atoms with Crippen molar-refractivity contribution in [3.8, 4) is 10.4 Å². The fraction of sp³-hybridized carbons (Fsp3) is 0.450. The van der Waals surface area contributed by atoms with Gasteiger partial charge in [-0.1, -0.05) is 26.0 Å². The summed E-state index contributed by atoms with van der Waals surface area (Å²) < 4.78 is 0. The van der Waals surface area contributed by atoms with Crippen LogP contribution in [0, 0.1) is 16.0 Å². The van der Waals surface area contributed by atoms with Gasteiger partial charge < -0.3 is 10.2 Å². The van der Waals surface area contributed by atoms with Crippen LogP contribution in [0.4, 0.5) is 5.69 Å². The van der Waals surface area contributed by atoms with Gasteiger partial charge in [0.2, 0.25) is 5.91 Å². The molecular formula is C20H25N3O3S. The molecule has 1 aliphatic heterocycles. The Labute approximate surface area is 163 Å². The molecule has 144 valence electrons. The molecule has 0 atom stereocenters. The van der Waals surface area contributed by atoms with Gasteiger partial charge in [0, 0.05) is 47.4 Å². The van der Waals surface area contributed by atoms with Crippen LogP contribution in [0.1, 0.15) is 31.6 Å². The number of para-hydroxylation sites is 1. The molecule has 1 amide bonds. The molecule has 27 heavy (non-hydrogen) atoms. The van der Waals surface area contributed by atoms with Gasteiger partial charge in [0.25, 0.3) is 5.69 Å². The lowest BCUT2D eigenvalue weighted by Crippen LogP contribution is -2.45. The van der Waals surface area contributed by atoms with Gasteiger partial charge in [-0.2, -0.15) is 0 Å². The van der Waals surface area contributed by atoms with E-state index in [1.54, 1.807) is 29.5 Å². The Morgan fingerprint density at radius 1 is 1.26 bits per heavy atom. The van der Waals surface area contributed by atoms with Gasteiger partial charge >= 0.3 is 0 Å². The second-order valence-corrected chi connectivity index (χ2v) is 8.34. The molecule has 7 heteroatoms. The molecule has 1 saturated heterocycles. The normalized spacial score (nSPS) is 15.3. The average molecular weight is 388 g/mol. The summed E-state index contributed by atoms with van der Waals surface area (Å²) in [4.78, 5) is 27.0. The summed E-state index contributed by atoms with van der Waals surface area (Å²) in [7, 11) is 0. The predicted octanol–water partition coefficient (Wildman–Crippen LogP) is 4.06.